The van der Waals surface area contributed by atoms with Crippen LogP contribution in [0.25, 0.3) is 0 Å². The zero-order chi connectivity index (χ0) is 15.5. The van der Waals surface area contributed by atoms with Crippen LogP contribution in [0.3, 0.4) is 0 Å². The van der Waals surface area contributed by atoms with Crippen LogP contribution >= 0.6 is 0 Å². The molecule has 1 fully saturated rings. The molecule has 0 amide bonds. The van der Waals surface area contributed by atoms with Crippen molar-refractivity contribution in [3.05, 3.63) is 29.8 Å². The smallest absolute Gasteiger partial charge is 0.119 e. The summed E-state index contributed by atoms with van der Waals surface area (Å²) in [5.41, 5.74) is 1.78. The van der Waals surface area contributed by atoms with Gasteiger partial charge in [0, 0.05) is 12.1 Å². The molecule has 0 saturated heterocycles. The van der Waals surface area contributed by atoms with E-state index >= 15 is 0 Å². The summed E-state index contributed by atoms with van der Waals surface area (Å²) in [7, 11) is 0. The van der Waals surface area contributed by atoms with Crippen molar-refractivity contribution in [3.8, 4) is 5.75 Å². The molecular weight excluding hydrogens is 258 g/mol. The van der Waals surface area contributed by atoms with E-state index in [0.717, 1.165) is 25.0 Å². The van der Waals surface area contributed by atoms with Crippen molar-refractivity contribution >= 4 is 0 Å². The van der Waals surface area contributed by atoms with Crippen molar-refractivity contribution in [1.29, 1.82) is 0 Å². The fraction of sp³-hybridized carbons (Fsp3) is 0.684. The first kappa shape index (κ1) is 16.4. The molecule has 0 spiro atoms. The summed E-state index contributed by atoms with van der Waals surface area (Å²) in [5.74, 6) is 1.04. The van der Waals surface area contributed by atoms with E-state index in [1.54, 1.807) is 0 Å². The molecule has 0 aliphatic heterocycles. The van der Waals surface area contributed by atoms with Gasteiger partial charge in [-0.25, -0.2) is 0 Å². The number of rotatable bonds is 6. The maximum atomic E-state index is 6.09. The van der Waals surface area contributed by atoms with Crippen molar-refractivity contribution in [2.45, 2.75) is 78.5 Å². The van der Waals surface area contributed by atoms with E-state index in [9.17, 15) is 0 Å². The van der Waals surface area contributed by atoms with Gasteiger partial charge >= 0.3 is 0 Å². The van der Waals surface area contributed by atoms with Crippen molar-refractivity contribution in [1.82, 2.24) is 5.32 Å². The van der Waals surface area contributed by atoms with E-state index in [-0.39, 0.29) is 0 Å². The third kappa shape index (κ3) is 5.70. The lowest BCUT2D eigenvalue weighted by atomic mass is 9.88. The molecule has 0 bridgehead atoms. The maximum absolute atomic E-state index is 6.09. The molecule has 2 heteroatoms. The van der Waals surface area contributed by atoms with Crippen LogP contribution in [-0.2, 0) is 6.42 Å². The van der Waals surface area contributed by atoms with Crippen molar-refractivity contribution in [2.24, 2.45) is 5.41 Å². The Bertz CT molecular complexity index is 441. The molecule has 1 saturated carbocycles. The van der Waals surface area contributed by atoms with E-state index in [2.05, 4.69) is 64.2 Å². The van der Waals surface area contributed by atoms with Crippen LogP contribution in [0.2, 0.25) is 0 Å². The zero-order valence-electron chi connectivity index (χ0n) is 14.3. The second-order valence-electron chi connectivity index (χ2n) is 7.94. The van der Waals surface area contributed by atoms with Gasteiger partial charge in [-0.15, -0.1) is 0 Å². The van der Waals surface area contributed by atoms with E-state index in [1.165, 1.54) is 12.0 Å². The molecule has 0 atom stereocenters. The van der Waals surface area contributed by atoms with Gasteiger partial charge in [0.1, 0.15) is 11.9 Å². The minimum absolute atomic E-state index is 0.388. The van der Waals surface area contributed by atoms with E-state index in [4.69, 9.17) is 4.74 Å². The highest BCUT2D eigenvalue weighted by molar-refractivity contribution is 5.29. The van der Waals surface area contributed by atoms with Gasteiger partial charge in [0.15, 0.2) is 0 Å². The molecule has 0 radical (unpaired) electrons. The first-order valence-corrected chi connectivity index (χ1v) is 8.33. The van der Waals surface area contributed by atoms with Gasteiger partial charge < -0.3 is 10.1 Å². The highest BCUT2D eigenvalue weighted by atomic mass is 16.5. The van der Waals surface area contributed by atoms with Gasteiger partial charge in [0.2, 0.25) is 0 Å². The number of nitrogens with one attached hydrogen (secondary N) is 1. The number of benzene rings is 1. The van der Waals surface area contributed by atoms with Gasteiger partial charge in [-0.2, -0.15) is 0 Å². The molecule has 21 heavy (non-hydrogen) atoms. The largest absolute Gasteiger partial charge is 0.490 e. The molecular formula is C19H31NO. The molecule has 0 heterocycles. The number of ether oxygens (including phenoxy) is 1. The predicted molar refractivity (Wildman–Crippen MR) is 89.9 cm³/mol. The highest BCUT2D eigenvalue weighted by Crippen LogP contribution is 2.28. The Kier molecular flexibility index (Phi) is 5.32. The number of aryl methyl sites for hydroxylation is 1. The third-order valence-electron chi connectivity index (χ3n) is 4.03. The fourth-order valence-corrected chi connectivity index (χ4v) is 2.76. The Labute approximate surface area is 130 Å². The molecule has 0 unspecified atom stereocenters. The molecule has 1 N–H and O–H groups in total. The Morgan fingerprint density at radius 2 is 1.95 bits per heavy atom. The molecule has 1 aliphatic carbocycles. The maximum Gasteiger partial charge on any atom is 0.119 e. The van der Waals surface area contributed by atoms with Crippen LogP contribution in [-0.4, -0.2) is 18.2 Å². The summed E-state index contributed by atoms with van der Waals surface area (Å²) in [5, 5.41) is 3.56. The second kappa shape index (κ2) is 6.83. The van der Waals surface area contributed by atoms with Gasteiger partial charge in [-0.05, 0) is 48.8 Å². The lowest BCUT2D eigenvalue weighted by Gasteiger charge is -2.37. The molecule has 118 valence electrons. The van der Waals surface area contributed by atoms with Gasteiger partial charge in [-0.1, -0.05) is 46.8 Å². The summed E-state index contributed by atoms with van der Waals surface area (Å²) in [6, 6.07) is 9.84. The molecule has 2 rings (SSSR count). The van der Waals surface area contributed by atoms with Gasteiger partial charge in [0.25, 0.3) is 0 Å². The average Bonchev–Trinajstić information content (AvgIpc) is 2.33. The van der Waals surface area contributed by atoms with Gasteiger partial charge in [-0.3, -0.25) is 0 Å². The average molecular weight is 289 g/mol. The molecule has 1 aromatic rings. The highest BCUT2D eigenvalue weighted by Gasteiger charge is 2.30. The van der Waals surface area contributed by atoms with Crippen LogP contribution in [0.15, 0.2) is 24.3 Å². The predicted octanol–water partition coefficient (Wildman–Crippen LogP) is 4.57. The van der Waals surface area contributed by atoms with E-state index < -0.39 is 0 Å². The molecule has 2 nitrogen and oxygen atoms in total. The molecule has 0 aromatic heterocycles. The number of hydrogen-bond acceptors (Lipinski definition) is 2. The SMILES string of the molecule is CC(C)N[C@H]1C[C@@H](Oc2cccc(CCC(C)(C)C)c2)C1. The van der Waals surface area contributed by atoms with Crippen LogP contribution in [0, 0.1) is 5.41 Å². The standard InChI is InChI=1S/C19H31NO/c1-14(2)20-16-12-18(13-16)21-17-8-6-7-15(11-17)9-10-19(3,4)5/h6-8,11,14,16,18,20H,9-10,12-13H2,1-5H3/t16-,18+. The minimum Gasteiger partial charge on any atom is -0.490 e. The Morgan fingerprint density at radius 3 is 2.57 bits per heavy atom. The quantitative estimate of drug-likeness (QED) is 0.828. The van der Waals surface area contributed by atoms with Crippen LogP contribution < -0.4 is 10.1 Å². The number of hydrogen-bond donors (Lipinski definition) is 1. The summed E-state index contributed by atoms with van der Waals surface area (Å²) in [6.07, 6.45) is 4.98. The first-order chi connectivity index (χ1) is 9.82. The van der Waals surface area contributed by atoms with Crippen molar-refractivity contribution < 1.29 is 4.74 Å². The van der Waals surface area contributed by atoms with Crippen molar-refractivity contribution in [2.75, 3.05) is 0 Å². The van der Waals surface area contributed by atoms with Crippen LogP contribution in [0.1, 0.15) is 59.4 Å². The van der Waals surface area contributed by atoms with Crippen LogP contribution in [0.5, 0.6) is 5.75 Å². The third-order valence-corrected chi connectivity index (χ3v) is 4.03. The Hall–Kier alpha value is -1.02. The lowest BCUT2D eigenvalue weighted by molar-refractivity contribution is 0.0814. The molecule has 1 aliphatic rings. The van der Waals surface area contributed by atoms with Crippen molar-refractivity contribution in [3.63, 3.8) is 0 Å². The Morgan fingerprint density at radius 1 is 1.24 bits per heavy atom. The summed E-state index contributed by atoms with van der Waals surface area (Å²) in [4.78, 5) is 0. The van der Waals surface area contributed by atoms with E-state index in [1.807, 2.05) is 0 Å². The zero-order valence-corrected chi connectivity index (χ0v) is 14.3. The van der Waals surface area contributed by atoms with Crippen LogP contribution in [0.4, 0.5) is 0 Å². The first-order valence-electron chi connectivity index (χ1n) is 8.33. The fourth-order valence-electron chi connectivity index (χ4n) is 2.76. The topological polar surface area (TPSA) is 21.3 Å². The lowest BCUT2D eigenvalue weighted by Crippen LogP contribution is -2.49. The van der Waals surface area contributed by atoms with E-state index in [0.29, 0.717) is 23.6 Å². The Balaban J connectivity index is 1.80. The minimum atomic E-state index is 0.388. The summed E-state index contributed by atoms with van der Waals surface area (Å²) in [6.45, 7) is 11.3. The second-order valence-corrected chi connectivity index (χ2v) is 7.94. The molecule has 1 aromatic carbocycles. The van der Waals surface area contributed by atoms with Gasteiger partial charge in [0.05, 0.1) is 0 Å². The monoisotopic (exact) mass is 289 g/mol. The summed E-state index contributed by atoms with van der Waals surface area (Å²) >= 11 is 0. The summed E-state index contributed by atoms with van der Waals surface area (Å²) < 4.78 is 6.09. The normalized spacial score (nSPS) is 22.2.